The molecule has 0 saturated carbocycles. The lowest BCUT2D eigenvalue weighted by Crippen LogP contribution is -1.95. The maximum absolute atomic E-state index is 8.23. The molecule has 1 aromatic rings. The quantitative estimate of drug-likeness (QED) is 0.726. The number of nitriles is 1. The minimum absolute atomic E-state index is 0.508. The van der Waals surface area contributed by atoms with Crippen molar-refractivity contribution in [1.82, 2.24) is 9.78 Å². The lowest BCUT2D eigenvalue weighted by atomic mass is 10.5. The van der Waals surface area contributed by atoms with Crippen molar-refractivity contribution in [2.75, 3.05) is 0 Å². The molecule has 4 heteroatoms. The molecule has 0 amide bonds. The fourth-order valence-electron chi connectivity index (χ4n) is 0.625. The van der Waals surface area contributed by atoms with E-state index in [0.717, 1.165) is 4.47 Å². The third kappa shape index (κ3) is 1.85. The molecule has 0 aliphatic rings. The van der Waals surface area contributed by atoms with E-state index in [1.54, 1.807) is 10.9 Å². The standard InChI is InChI=1S/C6H6BrN3/c7-6-4-9-10(5-6)3-1-2-8/h4-5H,1,3H2. The molecule has 1 rings (SSSR count). The van der Waals surface area contributed by atoms with Crippen molar-refractivity contribution in [2.24, 2.45) is 0 Å². The van der Waals surface area contributed by atoms with E-state index in [9.17, 15) is 0 Å². The molecule has 0 aliphatic carbocycles. The van der Waals surface area contributed by atoms with Gasteiger partial charge in [-0.15, -0.1) is 0 Å². The van der Waals surface area contributed by atoms with Crippen LogP contribution in [0.15, 0.2) is 16.9 Å². The number of rotatable bonds is 2. The van der Waals surface area contributed by atoms with Gasteiger partial charge in [0.1, 0.15) is 0 Å². The van der Waals surface area contributed by atoms with Crippen LogP contribution >= 0.6 is 15.9 Å². The smallest absolute Gasteiger partial charge is 0.0641 e. The van der Waals surface area contributed by atoms with Crippen molar-refractivity contribution in [3.8, 4) is 6.07 Å². The van der Waals surface area contributed by atoms with E-state index in [2.05, 4.69) is 21.0 Å². The first-order valence-electron chi connectivity index (χ1n) is 2.88. The van der Waals surface area contributed by atoms with Gasteiger partial charge in [0.25, 0.3) is 0 Å². The minimum atomic E-state index is 0.508. The van der Waals surface area contributed by atoms with E-state index in [4.69, 9.17) is 5.26 Å². The third-order valence-corrected chi connectivity index (χ3v) is 1.46. The molecule has 0 radical (unpaired) electrons. The summed E-state index contributed by atoms with van der Waals surface area (Å²) in [5.74, 6) is 0. The van der Waals surface area contributed by atoms with Crippen molar-refractivity contribution in [2.45, 2.75) is 13.0 Å². The van der Waals surface area contributed by atoms with E-state index < -0.39 is 0 Å². The normalized spacial score (nSPS) is 9.20. The largest absolute Gasteiger partial charge is 0.271 e. The molecular weight excluding hydrogens is 194 g/mol. The van der Waals surface area contributed by atoms with Crippen LogP contribution in [0.25, 0.3) is 0 Å². The molecular formula is C6H6BrN3. The van der Waals surface area contributed by atoms with Crippen LogP contribution in [0.1, 0.15) is 6.42 Å². The number of hydrogen-bond acceptors (Lipinski definition) is 2. The van der Waals surface area contributed by atoms with Crippen LogP contribution in [0.4, 0.5) is 0 Å². The van der Waals surface area contributed by atoms with Gasteiger partial charge in [-0.05, 0) is 15.9 Å². The number of aryl methyl sites for hydroxylation is 1. The Labute approximate surface area is 67.4 Å². The highest BCUT2D eigenvalue weighted by molar-refractivity contribution is 9.10. The molecule has 52 valence electrons. The highest BCUT2D eigenvalue weighted by Gasteiger charge is 1.92. The zero-order chi connectivity index (χ0) is 7.40. The summed E-state index contributed by atoms with van der Waals surface area (Å²) in [7, 11) is 0. The van der Waals surface area contributed by atoms with Gasteiger partial charge >= 0.3 is 0 Å². The summed E-state index contributed by atoms with van der Waals surface area (Å²) in [5, 5.41) is 12.2. The second kappa shape index (κ2) is 3.37. The summed E-state index contributed by atoms with van der Waals surface area (Å²) in [6.45, 7) is 0.669. The predicted octanol–water partition coefficient (Wildman–Crippen LogP) is 1.56. The Balaban J connectivity index is 2.52. The van der Waals surface area contributed by atoms with Crippen molar-refractivity contribution in [3.05, 3.63) is 16.9 Å². The van der Waals surface area contributed by atoms with Crippen molar-refractivity contribution in [3.63, 3.8) is 0 Å². The SMILES string of the molecule is N#CCCn1cc(Br)cn1. The Kier molecular flexibility index (Phi) is 2.46. The van der Waals surface area contributed by atoms with Crippen LogP contribution in [0.2, 0.25) is 0 Å². The number of aromatic nitrogens is 2. The molecule has 0 N–H and O–H groups in total. The third-order valence-electron chi connectivity index (χ3n) is 1.05. The highest BCUT2D eigenvalue weighted by atomic mass is 79.9. The van der Waals surface area contributed by atoms with E-state index in [0.29, 0.717) is 13.0 Å². The number of halogens is 1. The van der Waals surface area contributed by atoms with E-state index in [1.165, 1.54) is 0 Å². The van der Waals surface area contributed by atoms with Crippen LogP contribution in [0.5, 0.6) is 0 Å². The average molecular weight is 200 g/mol. The molecule has 1 heterocycles. The Morgan fingerprint density at radius 2 is 2.60 bits per heavy atom. The monoisotopic (exact) mass is 199 g/mol. The van der Waals surface area contributed by atoms with Crippen LogP contribution in [0, 0.1) is 11.3 Å². The molecule has 0 aliphatic heterocycles. The molecule has 0 bridgehead atoms. The predicted molar refractivity (Wildman–Crippen MR) is 40.2 cm³/mol. The van der Waals surface area contributed by atoms with Gasteiger partial charge < -0.3 is 0 Å². The average Bonchev–Trinajstić information content (AvgIpc) is 2.31. The van der Waals surface area contributed by atoms with Crippen LogP contribution in [0.3, 0.4) is 0 Å². The van der Waals surface area contributed by atoms with E-state index >= 15 is 0 Å². The minimum Gasteiger partial charge on any atom is -0.271 e. The van der Waals surface area contributed by atoms with Gasteiger partial charge in [0.2, 0.25) is 0 Å². The van der Waals surface area contributed by atoms with Crippen LogP contribution in [-0.2, 0) is 6.54 Å². The molecule has 10 heavy (non-hydrogen) atoms. The Morgan fingerprint density at radius 3 is 3.10 bits per heavy atom. The number of nitrogens with zero attached hydrogens (tertiary/aromatic N) is 3. The topological polar surface area (TPSA) is 41.6 Å². The second-order valence-electron chi connectivity index (χ2n) is 1.83. The van der Waals surface area contributed by atoms with Gasteiger partial charge in [-0.2, -0.15) is 10.4 Å². The molecule has 0 spiro atoms. The van der Waals surface area contributed by atoms with E-state index in [1.807, 2.05) is 12.3 Å². The Morgan fingerprint density at radius 1 is 1.80 bits per heavy atom. The molecule has 0 aromatic carbocycles. The van der Waals surface area contributed by atoms with Gasteiger partial charge in [0, 0.05) is 6.20 Å². The van der Waals surface area contributed by atoms with Crippen LogP contribution in [-0.4, -0.2) is 9.78 Å². The maximum atomic E-state index is 8.23. The Hall–Kier alpha value is -0.820. The first-order valence-corrected chi connectivity index (χ1v) is 3.67. The Bertz CT molecular complexity index is 248. The van der Waals surface area contributed by atoms with Crippen molar-refractivity contribution in [1.29, 1.82) is 5.26 Å². The lowest BCUT2D eigenvalue weighted by Gasteiger charge is -1.91. The summed E-state index contributed by atoms with van der Waals surface area (Å²) in [4.78, 5) is 0. The maximum Gasteiger partial charge on any atom is 0.0641 e. The van der Waals surface area contributed by atoms with Crippen molar-refractivity contribution >= 4 is 15.9 Å². The van der Waals surface area contributed by atoms with Gasteiger partial charge in [-0.3, -0.25) is 4.68 Å². The molecule has 0 saturated heterocycles. The van der Waals surface area contributed by atoms with Gasteiger partial charge in [-0.25, -0.2) is 0 Å². The van der Waals surface area contributed by atoms with Gasteiger partial charge in [0.05, 0.1) is 29.7 Å². The summed E-state index contributed by atoms with van der Waals surface area (Å²) in [5.41, 5.74) is 0. The van der Waals surface area contributed by atoms with Gasteiger partial charge in [-0.1, -0.05) is 0 Å². The van der Waals surface area contributed by atoms with E-state index in [-0.39, 0.29) is 0 Å². The molecule has 0 unspecified atom stereocenters. The first-order chi connectivity index (χ1) is 4.83. The summed E-state index contributed by atoms with van der Waals surface area (Å²) in [6, 6.07) is 2.05. The zero-order valence-corrected chi connectivity index (χ0v) is 6.87. The molecule has 0 atom stereocenters. The zero-order valence-electron chi connectivity index (χ0n) is 5.29. The van der Waals surface area contributed by atoms with Crippen LogP contribution < -0.4 is 0 Å². The summed E-state index contributed by atoms with van der Waals surface area (Å²) in [6.07, 6.45) is 4.06. The fraction of sp³-hybridized carbons (Fsp3) is 0.333. The summed E-state index contributed by atoms with van der Waals surface area (Å²) < 4.78 is 2.68. The lowest BCUT2D eigenvalue weighted by molar-refractivity contribution is 0.627. The van der Waals surface area contributed by atoms with Gasteiger partial charge in [0.15, 0.2) is 0 Å². The molecule has 0 fully saturated rings. The second-order valence-corrected chi connectivity index (χ2v) is 2.75. The molecule has 3 nitrogen and oxygen atoms in total. The van der Waals surface area contributed by atoms with Crippen molar-refractivity contribution < 1.29 is 0 Å². The number of hydrogen-bond donors (Lipinski definition) is 0. The molecule has 1 aromatic heterocycles. The summed E-state index contributed by atoms with van der Waals surface area (Å²) >= 11 is 3.26. The fourth-order valence-corrected chi connectivity index (χ4v) is 0.953. The first kappa shape index (κ1) is 7.29. The highest BCUT2D eigenvalue weighted by Crippen LogP contribution is 2.05.